The molecule has 3 nitrogen and oxygen atoms in total. The molecule has 0 aliphatic heterocycles. The van der Waals surface area contributed by atoms with Crippen LogP contribution in [0.3, 0.4) is 0 Å². The summed E-state index contributed by atoms with van der Waals surface area (Å²) in [6, 6.07) is 6.77. The molecule has 0 fully saturated rings. The molecule has 0 atom stereocenters. The molecule has 0 bridgehead atoms. The van der Waals surface area contributed by atoms with Crippen LogP contribution in [0.5, 0.6) is 0 Å². The van der Waals surface area contributed by atoms with Crippen molar-refractivity contribution in [1.29, 1.82) is 0 Å². The topological polar surface area (TPSA) is 60.2 Å². The Bertz CT molecular complexity index is 361. The summed E-state index contributed by atoms with van der Waals surface area (Å²) in [5.41, 5.74) is 0. The van der Waals surface area contributed by atoms with E-state index in [0.29, 0.717) is 27.9 Å². The number of benzene rings is 1. The van der Waals surface area contributed by atoms with Crippen molar-refractivity contribution >= 4 is 40.8 Å². The zero-order valence-corrected chi connectivity index (χ0v) is 8.93. The molecule has 0 spiro atoms. The average Bonchev–Trinajstić information content (AvgIpc) is 1.86. The standard InChI is InChI=1S/C6H6NO2S.Na/c7-10(8,9)6-4-2-1-3-5-6;/h1-4H,(H2,7,8,9);. The van der Waals surface area contributed by atoms with E-state index in [1.165, 1.54) is 6.07 Å². The fourth-order valence-corrected chi connectivity index (χ4v) is 2.87. The molecule has 0 saturated carbocycles. The molecule has 0 amide bonds. The van der Waals surface area contributed by atoms with Crippen molar-refractivity contribution in [3.63, 3.8) is 0 Å². The van der Waals surface area contributed by atoms with E-state index < -0.39 is 10.0 Å². The predicted molar refractivity (Wildman–Crippen MR) is 43.2 cm³/mol. The maximum atomic E-state index is 10.9. The van der Waals surface area contributed by atoms with Gasteiger partial charge in [0.1, 0.15) is 0 Å². The van der Waals surface area contributed by atoms with Crippen molar-refractivity contribution in [3.05, 3.63) is 24.3 Å². The molecule has 5 heteroatoms. The van der Waals surface area contributed by atoms with Crippen LogP contribution in [0.15, 0.2) is 29.2 Å². The Balaban J connectivity index is 3.37. The van der Waals surface area contributed by atoms with E-state index in [1.807, 2.05) is 0 Å². The molecular weight excluding hydrogens is 173 g/mol. The summed E-state index contributed by atoms with van der Waals surface area (Å²) in [4.78, 5) is 0.256. The molecule has 1 aromatic rings. The molecule has 0 unspecified atom stereocenters. The van der Waals surface area contributed by atoms with Gasteiger partial charge in [0.15, 0.2) is 0 Å². The summed E-state index contributed by atoms with van der Waals surface area (Å²) in [5, 5.41) is 4.95. The number of rotatable bonds is 1. The number of primary sulfonamides is 1. The van der Waals surface area contributed by atoms with Crippen LogP contribution in [0, 0.1) is 0 Å². The third kappa shape index (κ3) is 2.28. The number of hydrogen-bond acceptors (Lipinski definition) is 2. The molecule has 1 aromatic carbocycles. The van der Waals surface area contributed by atoms with E-state index in [2.05, 4.69) is 0 Å². The second-order valence-corrected chi connectivity index (χ2v) is 4.92. The molecule has 54 valence electrons. The van der Waals surface area contributed by atoms with Crippen LogP contribution in [0.1, 0.15) is 0 Å². The SMILES string of the molecule is NS(=O)(=O)c1cccc[c]1[Na]. The van der Waals surface area contributed by atoms with E-state index in [0.717, 1.165) is 2.81 Å². The minimum atomic E-state index is -3.50. The third-order valence-corrected chi connectivity index (χ3v) is 3.71. The number of sulfonamides is 1. The molecule has 0 aliphatic carbocycles. The fourth-order valence-electron chi connectivity index (χ4n) is 0.876. The van der Waals surface area contributed by atoms with Crippen LogP contribution >= 0.6 is 0 Å². The second-order valence-electron chi connectivity index (χ2n) is 2.31. The molecule has 0 heterocycles. The van der Waals surface area contributed by atoms with Gasteiger partial charge in [0.25, 0.3) is 0 Å². The summed E-state index contributed by atoms with van der Waals surface area (Å²) in [6.45, 7) is 0. The van der Waals surface area contributed by atoms with Gasteiger partial charge in [-0.15, -0.1) is 0 Å². The van der Waals surface area contributed by atoms with Gasteiger partial charge in [-0.1, -0.05) is 0 Å². The predicted octanol–water partition coefficient (Wildman–Crippen LogP) is -0.872. The number of nitrogens with two attached hydrogens (primary N) is 1. The molecule has 11 heavy (non-hydrogen) atoms. The molecule has 0 radical (unpaired) electrons. The van der Waals surface area contributed by atoms with Gasteiger partial charge in [-0.05, 0) is 0 Å². The second kappa shape index (κ2) is 3.25. The Hall–Kier alpha value is 0.130. The Kier molecular flexibility index (Phi) is 2.72. The van der Waals surface area contributed by atoms with E-state index >= 15 is 0 Å². The maximum absolute atomic E-state index is 10.9. The summed E-state index contributed by atoms with van der Waals surface area (Å²) < 4.78 is 22.5. The first kappa shape index (κ1) is 9.22. The van der Waals surface area contributed by atoms with Gasteiger partial charge in [0, 0.05) is 0 Å². The van der Waals surface area contributed by atoms with Gasteiger partial charge >= 0.3 is 83.5 Å². The Morgan fingerprint density at radius 1 is 1.27 bits per heavy atom. The Morgan fingerprint density at radius 3 is 2.18 bits per heavy atom. The van der Waals surface area contributed by atoms with Crippen LogP contribution in [-0.4, -0.2) is 36.3 Å². The van der Waals surface area contributed by atoms with Crippen LogP contribution < -0.4 is 7.95 Å². The molecule has 0 saturated heterocycles. The van der Waals surface area contributed by atoms with Gasteiger partial charge < -0.3 is 0 Å². The first-order chi connectivity index (χ1) is 5.02. The zero-order valence-electron chi connectivity index (χ0n) is 6.11. The molecule has 0 aliphatic rings. The van der Waals surface area contributed by atoms with Gasteiger partial charge in [-0.3, -0.25) is 0 Å². The van der Waals surface area contributed by atoms with Crippen molar-refractivity contribution in [2.45, 2.75) is 4.90 Å². The summed E-state index contributed by atoms with van der Waals surface area (Å²) in [6.07, 6.45) is 0. The molecule has 0 aromatic heterocycles. The van der Waals surface area contributed by atoms with E-state index in [-0.39, 0.29) is 4.90 Å². The minimum absolute atomic E-state index is 0.256. The van der Waals surface area contributed by atoms with E-state index in [9.17, 15) is 8.42 Å². The summed E-state index contributed by atoms with van der Waals surface area (Å²) >= 11 is 0.697. The van der Waals surface area contributed by atoms with Gasteiger partial charge in [0.2, 0.25) is 0 Å². The van der Waals surface area contributed by atoms with Crippen molar-refractivity contribution in [1.82, 2.24) is 0 Å². The average molecular weight is 179 g/mol. The van der Waals surface area contributed by atoms with Gasteiger partial charge in [-0.25, -0.2) is 0 Å². The monoisotopic (exact) mass is 179 g/mol. The van der Waals surface area contributed by atoms with Gasteiger partial charge in [0.05, 0.1) is 0 Å². The van der Waals surface area contributed by atoms with E-state index in [4.69, 9.17) is 5.14 Å². The Morgan fingerprint density at radius 2 is 1.82 bits per heavy atom. The van der Waals surface area contributed by atoms with Crippen molar-refractivity contribution in [3.8, 4) is 0 Å². The van der Waals surface area contributed by atoms with Crippen molar-refractivity contribution < 1.29 is 8.42 Å². The number of hydrogen-bond donors (Lipinski definition) is 1. The van der Waals surface area contributed by atoms with Crippen LogP contribution in [0.2, 0.25) is 0 Å². The van der Waals surface area contributed by atoms with E-state index in [1.54, 1.807) is 18.2 Å². The first-order valence-corrected chi connectivity index (χ1v) is 5.65. The fraction of sp³-hybridized carbons (Fsp3) is 0. The van der Waals surface area contributed by atoms with Crippen LogP contribution in [0.25, 0.3) is 0 Å². The van der Waals surface area contributed by atoms with Crippen LogP contribution in [0.4, 0.5) is 0 Å². The molecular formula is C6H6NNaO2S. The normalized spacial score (nSPS) is 11.5. The van der Waals surface area contributed by atoms with Crippen molar-refractivity contribution in [2.24, 2.45) is 5.14 Å². The third-order valence-electron chi connectivity index (χ3n) is 1.40. The Labute approximate surface area is 83.1 Å². The first-order valence-electron chi connectivity index (χ1n) is 3.10. The summed E-state index contributed by atoms with van der Waals surface area (Å²) in [7, 11) is -3.50. The zero-order chi connectivity index (χ0) is 8.48. The van der Waals surface area contributed by atoms with Gasteiger partial charge in [-0.2, -0.15) is 0 Å². The quantitative estimate of drug-likeness (QED) is 0.569. The summed E-state index contributed by atoms with van der Waals surface area (Å²) in [5.74, 6) is 0. The molecule has 1 rings (SSSR count). The molecule has 2 N–H and O–H groups in total. The van der Waals surface area contributed by atoms with Crippen molar-refractivity contribution in [2.75, 3.05) is 0 Å². The van der Waals surface area contributed by atoms with Crippen LogP contribution in [-0.2, 0) is 10.0 Å².